The molecule has 8 heteroatoms. The second-order valence-electron chi connectivity index (χ2n) is 3.77. The zero-order chi connectivity index (χ0) is 14.4. The number of rotatable bonds is 6. The topological polar surface area (TPSA) is 107 Å². The van der Waals surface area contributed by atoms with E-state index < -0.39 is 16.9 Å². The van der Waals surface area contributed by atoms with Crippen LogP contribution in [0, 0.1) is 10.1 Å². The highest BCUT2D eigenvalue weighted by atomic mass is 35.5. The summed E-state index contributed by atoms with van der Waals surface area (Å²) in [5.74, 6) is 4.87. The summed E-state index contributed by atoms with van der Waals surface area (Å²) in [5, 5.41) is 10.6. The van der Waals surface area contributed by atoms with Crippen molar-refractivity contribution in [1.82, 2.24) is 5.43 Å². The molecular formula is C11H14ClN3O4. The standard InChI is InChI=1S/C11H14ClN3O4/c1-2-3-10(11(16)14-13)19-7-4-5-9(15(17)18)8(12)6-7/h4-6,10H,2-3,13H2,1H3,(H,14,16). The van der Waals surface area contributed by atoms with E-state index in [1.165, 1.54) is 18.2 Å². The molecule has 0 aliphatic carbocycles. The lowest BCUT2D eigenvalue weighted by molar-refractivity contribution is -0.384. The number of benzene rings is 1. The van der Waals surface area contributed by atoms with E-state index in [0.29, 0.717) is 6.42 Å². The van der Waals surface area contributed by atoms with E-state index in [-0.39, 0.29) is 16.5 Å². The van der Waals surface area contributed by atoms with Gasteiger partial charge in [-0.05, 0) is 12.5 Å². The van der Waals surface area contributed by atoms with E-state index in [1.54, 1.807) is 0 Å². The van der Waals surface area contributed by atoms with Gasteiger partial charge in [-0.25, -0.2) is 5.84 Å². The number of hydrazine groups is 1. The summed E-state index contributed by atoms with van der Waals surface area (Å²) < 4.78 is 5.42. The summed E-state index contributed by atoms with van der Waals surface area (Å²) in [7, 11) is 0. The minimum absolute atomic E-state index is 0.0501. The number of nitro groups is 1. The molecule has 7 nitrogen and oxygen atoms in total. The van der Waals surface area contributed by atoms with Gasteiger partial charge in [-0.3, -0.25) is 20.3 Å². The highest BCUT2D eigenvalue weighted by Gasteiger charge is 2.20. The monoisotopic (exact) mass is 287 g/mol. The van der Waals surface area contributed by atoms with Crippen molar-refractivity contribution in [3.8, 4) is 5.75 Å². The van der Waals surface area contributed by atoms with E-state index in [0.717, 1.165) is 6.42 Å². The molecule has 1 unspecified atom stereocenters. The predicted octanol–water partition coefficient (Wildman–Crippen LogP) is 1.79. The van der Waals surface area contributed by atoms with Gasteiger partial charge < -0.3 is 4.74 Å². The smallest absolute Gasteiger partial charge is 0.288 e. The minimum atomic E-state index is -0.757. The number of hydrogen-bond acceptors (Lipinski definition) is 5. The fourth-order valence-electron chi connectivity index (χ4n) is 1.47. The molecule has 3 N–H and O–H groups in total. The molecule has 0 saturated heterocycles. The fraction of sp³-hybridized carbons (Fsp3) is 0.364. The van der Waals surface area contributed by atoms with E-state index >= 15 is 0 Å². The van der Waals surface area contributed by atoms with Gasteiger partial charge in [-0.1, -0.05) is 24.9 Å². The van der Waals surface area contributed by atoms with Crippen LogP contribution in [0.15, 0.2) is 18.2 Å². The summed E-state index contributed by atoms with van der Waals surface area (Å²) in [6, 6.07) is 3.91. The molecular weight excluding hydrogens is 274 g/mol. The van der Waals surface area contributed by atoms with Gasteiger partial charge in [0, 0.05) is 12.1 Å². The lowest BCUT2D eigenvalue weighted by Crippen LogP contribution is -2.42. The molecule has 0 fully saturated rings. The number of amides is 1. The van der Waals surface area contributed by atoms with Crippen LogP contribution < -0.4 is 16.0 Å². The molecule has 1 rings (SSSR count). The summed E-state index contributed by atoms with van der Waals surface area (Å²) in [6.07, 6.45) is 0.434. The number of nitro benzene ring substituents is 1. The highest BCUT2D eigenvalue weighted by Crippen LogP contribution is 2.29. The molecule has 0 saturated carbocycles. The molecule has 1 atom stereocenters. The van der Waals surface area contributed by atoms with Crippen LogP contribution in [0.4, 0.5) is 5.69 Å². The second-order valence-corrected chi connectivity index (χ2v) is 4.18. The van der Waals surface area contributed by atoms with Gasteiger partial charge in [-0.15, -0.1) is 0 Å². The van der Waals surface area contributed by atoms with Crippen LogP contribution in [0.5, 0.6) is 5.75 Å². The number of nitrogens with zero attached hydrogens (tertiary/aromatic N) is 1. The maximum atomic E-state index is 11.5. The van der Waals surface area contributed by atoms with E-state index in [2.05, 4.69) is 0 Å². The molecule has 0 spiro atoms. The van der Waals surface area contributed by atoms with Crippen molar-refractivity contribution < 1.29 is 14.5 Å². The lowest BCUT2D eigenvalue weighted by atomic mass is 10.2. The molecule has 19 heavy (non-hydrogen) atoms. The van der Waals surface area contributed by atoms with Gasteiger partial charge in [0.25, 0.3) is 11.6 Å². The Labute approximate surface area is 114 Å². The summed E-state index contributed by atoms with van der Waals surface area (Å²) in [6.45, 7) is 1.89. The van der Waals surface area contributed by atoms with Crippen molar-refractivity contribution in [3.05, 3.63) is 33.3 Å². The van der Waals surface area contributed by atoms with Gasteiger partial charge in [0.1, 0.15) is 10.8 Å². The molecule has 0 bridgehead atoms. The molecule has 0 radical (unpaired) electrons. The molecule has 1 aromatic rings. The summed E-state index contributed by atoms with van der Waals surface area (Å²) in [5.41, 5.74) is 1.79. The maximum Gasteiger partial charge on any atom is 0.288 e. The second kappa shape index (κ2) is 6.91. The van der Waals surface area contributed by atoms with E-state index in [9.17, 15) is 14.9 Å². The Balaban J connectivity index is 2.88. The van der Waals surface area contributed by atoms with Gasteiger partial charge in [0.15, 0.2) is 6.10 Å². The molecule has 0 aliphatic rings. The van der Waals surface area contributed by atoms with Crippen molar-refractivity contribution in [2.75, 3.05) is 0 Å². The largest absolute Gasteiger partial charge is 0.480 e. The normalized spacial score (nSPS) is 11.7. The Hall–Kier alpha value is -1.86. The van der Waals surface area contributed by atoms with Crippen molar-refractivity contribution >= 4 is 23.2 Å². The number of carbonyl (C=O) groups excluding carboxylic acids is 1. The van der Waals surface area contributed by atoms with Crippen molar-refractivity contribution in [2.45, 2.75) is 25.9 Å². The first kappa shape index (κ1) is 15.2. The van der Waals surface area contributed by atoms with E-state index in [4.69, 9.17) is 22.2 Å². The molecule has 1 amide bonds. The first-order valence-electron chi connectivity index (χ1n) is 5.60. The molecule has 104 valence electrons. The van der Waals surface area contributed by atoms with Crippen molar-refractivity contribution in [1.29, 1.82) is 0 Å². The number of ether oxygens (including phenoxy) is 1. The van der Waals surface area contributed by atoms with Crippen LogP contribution in [0.25, 0.3) is 0 Å². The van der Waals surface area contributed by atoms with Crippen molar-refractivity contribution in [3.63, 3.8) is 0 Å². The SMILES string of the molecule is CCCC(Oc1ccc([N+](=O)[O-])c(Cl)c1)C(=O)NN. The Morgan fingerprint density at radius 1 is 1.63 bits per heavy atom. The van der Waals surface area contributed by atoms with Crippen LogP contribution in [-0.4, -0.2) is 16.9 Å². The maximum absolute atomic E-state index is 11.5. The molecule has 1 aromatic carbocycles. The number of nitrogens with one attached hydrogen (secondary N) is 1. The van der Waals surface area contributed by atoms with Crippen molar-refractivity contribution in [2.24, 2.45) is 5.84 Å². The summed E-state index contributed by atoms with van der Waals surface area (Å²) >= 11 is 5.75. The third kappa shape index (κ3) is 4.08. The van der Waals surface area contributed by atoms with Gasteiger partial charge >= 0.3 is 0 Å². The van der Waals surface area contributed by atoms with Crippen LogP contribution in [0.3, 0.4) is 0 Å². The predicted molar refractivity (Wildman–Crippen MR) is 69.8 cm³/mol. The zero-order valence-corrected chi connectivity index (χ0v) is 11.0. The molecule has 0 heterocycles. The zero-order valence-electron chi connectivity index (χ0n) is 10.3. The molecule has 0 aliphatic heterocycles. The third-order valence-corrected chi connectivity index (χ3v) is 2.68. The van der Waals surface area contributed by atoms with Gasteiger partial charge in [0.05, 0.1) is 4.92 Å². The number of nitrogens with two attached hydrogens (primary N) is 1. The number of hydrogen-bond donors (Lipinski definition) is 2. The average molecular weight is 288 g/mol. The fourth-order valence-corrected chi connectivity index (χ4v) is 1.71. The Morgan fingerprint density at radius 3 is 2.79 bits per heavy atom. The number of carbonyl (C=O) groups is 1. The first-order chi connectivity index (χ1) is 8.99. The third-order valence-electron chi connectivity index (χ3n) is 2.38. The van der Waals surface area contributed by atoms with Crippen LogP contribution in [0.2, 0.25) is 5.02 Å². The van der Waals surface area contributed by atoms with Crippen LogP contribution >= 0.6 is 11.6 Å². The highest BCUT2D eigenvalue weighted by molar-refractivity contribution is 6.32. The van der Waals surface area contributed by atoms with Gasteiger partial charge in [-0.2, -0.15) is 0 Å². The molecule has 0 aromatic heterocycles. The Morgan fingerprint density at radius 2 is 2.32 bits per heavy atom. The quantitative estimate of drug-likeness (QED) is 0.359. The van der Waals surface area contributed by atoms with Gasteiger partial charge in [0.2, 0.25) is 0 Å². The minimum Gasteiger partial charge on any atom is -0.480 e. The van der Waals surface area contributed by atoms with E-state index in [1.807, 2.05) is 12.3 Å². The first-order valence-corrected chi connectivity index (χ1v) is 5.98. The van der Waals surface area contributed by atoms with Crippen LogP contribution in [-0.2, 0) is 4.79 Å². The average Bonchev–Trinajstić information content (AvgIpc) is 2.37. The lowest BCUT2D eigenvalue weighted by Gasteiger charge is -2.16. The summed E-state index contributed by atoms with van der Waals surface area (Å²) in [4.78, 5) is 21.5. The van der Waals surface area contributed by atoms with Crippen LogP contribution in [0.1, 0.15) is 19.8 Å². The Kier molecular flexibility index (Phi) is 5.53. The number of halogens is 1. The Bertz CT molecular complexity index is 481.